The van der Waals surface area contributed by atoms with E-state index < -0.39 is 0 Å². The number of hydrogen-bond acceptors (Lipinski definition) is 8. The molecule has 0 saturated carbocycles. The Hall–Kier alpha value is -1.96. The first kappa shape index (κ1) is 13.5. The van der Waals surface area contributed by atoms with Gasteiger partial charge in [-0.2, -0.15) is 9.97 Å². The summed E-state index contributed by atoms with van der Waals surface area (Å²) in [6.45, 7) is 3.95. The van der Waals surface area contributed by atoms with Crippen LogP contribution < -0.4 is 14.8 Å². The Morgan fingerprint density at radius 2 is 1.74 bits per heavy atom. The topological polar surface area (TPSA) is 82.0 Å². The highest BCUT2D eigenvalue weighted by molar-refractivity contribution is 7.09. The molecule has 0 saturated heterocycles. The van der Waals surface area contributed by atoms with Crippen LogP contribution in [0.2, 0.25) is 0 Å². The van der Waals surface area contributed by atoms with Gasteiger partial charge in [-0.1, -0.05) is 0 Å². The van der Waals surface area contributed by atoms with Gasteiger partial charge in [0.15, 0.2) is 0 Å². The van der Waals surface area contributed by atoms with Gasteiger partial charge in [-0.05, 0) is 13.8 Å². The van der Waals surface area contributed by atoms with Crippen molar-refractivity contribution >= 4 is 17.3 Å². The summed E-state index contributed by atoms with van der Waals surface area (Å²) in [5.74, 6) is 0.393. The number of rotatable bonds is 5. The molecule has 2 rings (SSSR count). The largest absolute Gasteiger partial charge is 0.467 e. The fraction of sp³-hybridized carbons (Fsp3) is 0.455. The Kier molecular flexibility index (Phi) is 4.10. The van der Waals surface area contributed by atoms with E-state index in [9.17, 15) is 0 Å². The van der Waals surface area contributed by atoms with Gasteiger partial charge in [-0.15, -0.1) is 16.3 Å². The van der Waals surface area contributed by atoms with Crippen LogP contribution in [0.3, 0.4) is 0 Å². The molecule has 19 heavy (non-hydrogen) atoms. The third kappa shape index (κ3) is 3.28. The predicted molar refractivity (Wildman–Crippen MR) is 71.8 cm³/mol. The van der Waals surface area contributed by atoms with E-state index in [-0.39, 0.29) is 18.1 Å². The summed E-state index contributed by atoms with van der Waals surface area (Å²) in [5, 5.41) is 6.12. The van der Waals surface area contributed by atoms with Crippen LogP contribution >= 0.6 is 11.3 Å². The molecule has 0 bridgehead atoms. The van der Waals surface area contributed by atoms with Crippen molar-refractivity contribution in [2.75, 3.05) is 19.5 Å². The number of aromatic nitrogens is 4. The number of anilines is 1. The first-order valence-electron chi connectivity index (χ1n) is 5.65. The van der Waals surface area contributed by atoms with E-state index >= 15 is 0 Å². The van der Waals surface area contributed by atoms with Crippen molar-refractivity contribution < 1.29 is 9.47 Å². The molecular weight excluding hydrogens is 266 g/mol. The molecule has 0 aliphatic heterocycles. The summed E-state index contributed by atoms with van der Waals surface area (Å²) in [6, 6.07) is 0.407. The maximum absolute atomic E-state index is 4.99. The maximum Gasteiger partial charge on any atom is 0.324 e. The van der Waals surface area contributed by atoms with Crippen LogP contribution in [-0.2, 0) is 0 Å². The number of methoxy groups -OCH3 is 2. The van der Waals surface area contributed by atoms with Gasteiger partial charge >= 0.3 is 12.0 Å². The van der Waals surface area contributed by atoms with Gasteiger partial charge in [-0.3, -0.25) is 0 Å². The SMILES string of the molecule is COc1nc(NC(C)c2nc(C)cs2)nc(OC)n1. The Balaban J connectivity index is 2.18. The average molecular weight is 281 g/mol. The van der Waals surface area contributed by atoms with E-state index in [1.54, 1.807) is 11.3 Å². The van der Waals surface area contributed by atoms with Gasteiger partial charge in [0, 0.05) is 11.1 Å². The van der Waals surface area contributed by atoms with E-state index in [0.29, 0.717) is 5.95 Å². The van der Waals surface area contributed by atoms with E-state index in [2.05, 4.69) is 25.3 Å². The van der Waals surface area contributed by atoms with E-state index in [1.165, 1.54) is 14.2 Å². The molecule has 0 aliphatic rings. The standard InChI is InChI=1S/C11H15N5O2S/c1-6-5-19-8(12-6)7(2)13-9-14-10(17-3)16-11(15-9)18-4/h5,7H,1-4H3,(H,13,14,15,16). The van der Waals surface area contributed by atoms with Crippen molar-refractivity contribution in [2.45, 2.75) is 19.9 Å². The molecule has 102 valence electrons. The third-order valence-electron chi connectivity index (χ3n) is 2.31. The van der Waals surface area contributed by atoms with Gasteiger partial charge in [0.2, 0.25) is 5.95 Å². The van der Waals surface area contributed by atoms with Crippen molar-refractivity contribution in [3.63, 3.8) is 0 Å². The number of nitrogens with one attached hydrogen (secondary N) is 1. The molecule has 0 aromatic carbocycles. The molecule has 1 N–H and O–H groups in total. The predicted octanol–water partition coefficient (Wildman–Crippen LogP) is 1.83. The molecule has 2 aromatic rings. The summed E-state index contributed by atoms with van der Waals surface area (Å²) in [7, 11) is 2.98. The number of hydrogen-bond donors (Lipinski definition) is 1. The minimum atomic E-state index is -0.00416. The zero-order valence-electron chi connectivity index (χ0n) is 11.2. The van der Waals surface area contributed by atoms with Gasteiger partial charge in [0.1, 0.15) is 5.01 Å². The van der Waals surface area contributed by atoms with Crippen molar-refractivity contribution in [1.29, 1.82) is 0 Å². The van der Waals surface area contributed by atoms with E-state index in [1.807, 2.05) is 19.2 Å². The van der Waals surface area contributed by atoms with Crippen molar-refractivity contribution in [3.05, 3.63) is 16.1 Å². The van der Waals surface area contributed by atoms with Crippen LogP contribution in [0.1, 0.15) is 23.7 Å². The Morgan fingerprint density at radius 3 is 2.21 bits per heavy atom. The maximum atomic E-state index is 4.99. The molecule has 0 fully saturated rings. The van der Waals surface area contributed by atoms with Gasteiger partial charge in [-0.25, -0.2) is 4.98 Å². The van der Waals surface area contributed by atoms with Crippen LogP contribution in [0.4, 0.5) is 5.95 Å². The smallest absolute Gasteiger partial charge is 0.324 e. The Bertz CT molecular complexity index is 538. The first-order valence-corrected chi connectivity index (χ1v) is 6.53. The molecule has 8 heteroatoms. The Labute approximate surface area is 115 Å². The number of ether oxygens (including phenoxy) is 2. The molecule has 7 nitrogen and oxygen atoms in total. The van der Waals surface area contributed by atoms with Crippen LogP contribution in [0.15, 0.2) is 5.38 Å². The molecule has 1 atom stereocenters. The summed E-state index contributed by atoms with van der Waals surface area (Å²) in [5.41, 5.74) is 0.999. The van der Waals surface area contributed by atoms with Gasteiger partial charge in [0.05, 0.1) is 20.3 Å². The van der Waals surface area contributed by atoms with E-state index in [0.717, 1.165) is 10.7 Å². The molecule has 0 radical (unpaired) electrons. The van der Waals surface area contributed by atoms with Crippen LogP contribution in [-0.4, -0.2) is 34.2 Å². The normalized spacial score (nSPS) is 12.0. The van der Waals surface area contributed by atoms with Gasteiger partial charge in [0.25, 0.3) is 0 Å². The van der Waals surface area contributed by atoms with Crippen LogP contribution in [0, 0.1) is 6.92 Å². The molecule has 2 heterocycles. The lowest BCUT2D eigenvalue weighted by molar-refractivity contribution is 0.341. The fourth-order valence-corrected chi connectivity index (χ4v) is 2.22. The zero-order chi connectivity index (χ0) is 13.8. The summed E-state index contributed by atoms with van der Waals surface area (Å²) < 4.78 is 9.99. The minimum absolute atomic E-state index is 0.00416. The lowest BCUT2D eigenvalue weighted by atomic mass is 10.3. The molecule has 2 aromatic heterocycles. The average Bonchev–Trinajstić information content (AvgIpc) is 2.85. The zero-order valence-corrected chi connectivity index (χ0v) is 12.0. The monoisotopic (exact) mass is 281 g/mol. The van der Waals surface area contributed by atoms with Crippen molar-refractivity contribution in [1.82, 2.24) is 19.9 Å². The van der Waals surface area contributed by atoms with Crippen LogP contribution in [0.25, 0.3) is 0 Å². The minimum Gasteiger partial charge on any atom is -0.467 e. The summed E-state index contributed by atoms with van der Waals surface area (Å²) in [6.07, 6.45) is 0. The van der Waals surface area contributed by atoms with E-state index in [4.69, 9.17) is 9.47 Å². The van der Waals surface area contributed by atoms with Crippen LogP contribution in [0.5, 0.6) is 12.0 Å². The molecule has 1 unspecified atom stereocenters. The molecular formula is C11H15N5O2S. The Morgan fingerprint density at radius 1 is 1.11 bits per heavy atom. The second kappa shape index (κ2) is 5.79. The van der Waals surface area contributed by atoms with Gasteiger partial charge < -0.3 is 14.8 Å². The number of thiazole rings is 1. The molecule has 0 amide bonds. The summed E-state index contributed by atoms with van der Waals surface area (Å²) >= 11 is 1.59. The summed E-state index contributed by atoms with van der Waals surface area (Å²) in [4.78, 5) is 16.6. The highest BCUT2D eigenvalue weighted by atomic mass is 32.1. The second-order valence-corrected chi connectivity index (χ2v) is 4.72. The van der Waals surface area contributed by atoms with Crippen molar-refractivity contribution in [3.8, 4) is 12.0 Å². The third-order valence-corrected chi connectivity index (χ3v) is 3.46. The lowest BCUT2D eigenvalue weighted by Gasteiger charge is -2.11. The first-order chi connectivity index (χ1) is 9.12. The fourth-order valence-electron chi connectivity index (χ4n) is 1.41. The lowest BCUT2D eigenvalue weighted by Crippen LogP contribution is -2.11. The number of nitrogens with zero attached hydrogens (tertiary/aromatic N) is 4. The second-order valence-electron chi connectivity index (χ2n) is 3.83. The molecule has 0 aliphatic carbocycles. The molecule has 0 spiro atoms. The number of aryl methyl sites for hydroxylation is 1. The highest BCUT2D eigenvalue weighted by Gasteiger charge is 2.13. The highest BCUT2D eigenvalue weighted by Crippen LogP contribution is 2.22. The quantitative estimate of drug-likeness (QED) is 0.895. The van der Waals surface area contributed by atoms with Crippen molar-refractivity contribution in [2.24, 2.45) is 0 Å².